The quantitative estimate of drug-likeness (QED) is 0.725. The Balaban J connectivity index is 1.69. The van der Waals surface area contributed by atoms with E-state index < -0.39 is 15.9 Å². The van der Waals surface area contributed by atoms with Crippen molar-refractivity contribution >= 4 is 21.7 Å². The highest BCUT2D eigenvalue weighted by Crippen LogP contribution is 2.22. The Morgan fingerprint density at radius 1 is 1.21 bits per heavy atom. The number of piperidine rings is 1. The number of pyridine rings is 1. The molecule has 0 radical (unpaired) electrons. The molecule has 0 bridgehead atoms. The molecule has 2 aromatic rings. The fourth-order valence-electron chi connectivity index (χ4n) is 3.14. The van der Waals surface area contributed by atoms with Crippen molar-refractivity contribution in [3.05, 3.63) is 47.7 Å². The summed E-state index contributed by atoms with van der Waals surface area (Å²) in [6, 6.07) is 7.76. The number of nitrogens with two attached hydrogens (primary N) is 1. The molecule has 0 unspecified atom stereocenters. The van der Waals surface area contributed by atoms with Gasteiger partial charge >= 0.3 is 0 Å². The van der Waals surface area contributed by atoms with Crippen molar-refractivity contribution in [1.29, 1.82) is 0 Å². The number of methoxy groups -OCH3 is 1. The van der Waals surface area contributed by atoms with Crippen LogP contribution in [0.15, 0.2) is 41.4 Å². The van der Waals surface area contributed by atoms with Gasteiger partial charge in [-0.2, -0.15) is 0 Å². The van der Waals surface area contributed by atoms with Crippen molar-refractivity contribution in [3.8, 4) is 5.75 Å². The number of hydrogen-bond acceptors (Lipinski definition) is 6. The Morgan fingerprint density at radius 3 is 2.57 bits per heavy atom. The number of nitrogens with one attached hydrogen (secondary N) is 1. The number of anilines is 1. The van der Waals surface area contributed by atoms with E-state index in [0.717, 1.165) is 24.5 Å². The largest absolute Gasteiger partial charge is 0.496 e. The maximum atomic E-state index is 12.6. The first-order chi connectivity index (χ1) is 13.4. The molecule has 1 aromatic heterocycles. The molecule has 1 fully saturated rings. The standard InChI is InChI=1S/C19H24N4O4S/c1-27-17-7-6-15(11-16(17)19(20)24)28(25,26)22-13-14-5-8-18(21-12-14)23-9-3-2-4-10-23/h5-8,11-12,22H,2-4,9-10,13H2,1H3,(H2,20,24). The van der Waals surface area contributed by atoms with Gasteiger partial charge in [0.2, 0.25) is 10.0 Å². The average molecular weight is 404 g/mol. The molecule has 28 heavy (non-hydrogen) atoms. The van der Waals surface area contributed by atoms with Crippen LogP contribution in [0.2, 0.25) is 0 Å². The molecule has 2 heterocycles. The van der Waals surface area contributed by atoms with Gasteiger partial charge in [-0.25, -0.2) is 18.1 Å². The topological polar surface area (TPSA) is 115 Å². The number of aromatic nitrogens is 1. The maximum Gasteiger partial charge on any atom is 0.252 e. The van der Waals surface area contributed by atoms with E-state index in [4.69, 9.17) is 10.5 Å². The second-order valence-corrected chi connectivity index (χ2v) is 8.39. The van der Waals surface area contributed by atoms with Crippen LogP contribution >= 0.6 is 0 Å². The highest BCUT2D eigenvalue weighted by Gasteiger charge is 2.19. The van der Waals surface area contributed by atoms with Crippen LogP contribution in [0, 0.1) is 0 Å². The summed E-state index contributed by atoms with van der Waals surface area (Å²) in [7, 11) is -2.44. The SMILES string of the molecule is COc1ccc(S(=O)(=O)NCc2ccc(N3CCCCC3)nc2)cc1C(N)=O. The average Bonchev–Trinajstić information content (AvgIpc) is 2.72. The summed E-state index contributed by atoms with van der Waals surface area (Å²) in [5, 5.41) is 0. The number of primary amides is 1. The van der Waals surface area contributed by atoms with Crippen molar-refractivity contribution < 1.29 is 17.9 Å². The van der Waals surface area contributed by atoms with Crippen molar-refractivity contribution in [3.63, 3.8) is 0 Å². The molecule has 9 heteroatoms. The van der Waals surface area contributed by atoms with Gasteiger partial charge in [0.15, 0.2) is 0 Å². The van der Waals surface area contributed by atoms with E-state index in [2.05, 4.69) is 14.6 Å². The molecule has 1 aliphatic heterocycles. The summed E-state index contributed by atoms with van der Waals surface area (Å²) in [6.45, 7) is 2.09. The van der Waals surface area contributed by atoms with Gasteiger partial charge < -0.3 is 15.4 Å². The molecule has 0 saturated carbocycles. The minimum atomic E-state index is -3.82. The minimum Gasteiger partial charge on any atom is -0.496 e. The van der Waals surface area contributed by atoms with Crippen LogP contribution in [0.5, 0.6) is 5.75 Å². The lowest BCUT2D eigenvalue weighted by Crippen LogP contribution is -2.30. The van der Waals surface area contributed by atoms with Gasteiger partial charge in [-0.15, -0.1) is 0 Å². The second kappa shape index (κ2) is 8.57. The highest BCUT2D eigenvalue weighted by molar-refractivity contribution is 7.89. The molecular weight excluding hydrogens is 380 g/mol. The van der Waals surface area contributed by atoms with Crippen LogP contribution in [-0.4, -0.2) is 39.5 Å². The van der Waals surface area contributed by atoms with Gasteiger partial charge in [-0.05, 0) is 49.1 Å². The first-order valence-corrected chi connectivity index (χ1v) is 10.6. The fourth-order valence-corrected chi connectivity index (χ4v) is 4.18. The molecule has 3 rings (SSSR count). The van der Waals surface area contributed by atoms with Gasteiger partial charge in [-0.3, -0.25) is 4.79 Å². The molecule has 8 nitrogen and oxygen atoms in total. The third kappa shape index (κ3) is 4.60. The van der Waals surface area contributed by atoms with E-state index in [9.17, 15) is 13.2 Å². The van der Waals surface area contributed by atoms with Gasteiger partial charge in [0.05, 0.1) is 17.6 Å². The van der Waals surface area contributed by atoms with Crippen LogP contribution in [0.4, 0.5) is 5.82 Å². The zero-order chi connectivity index (χ0) is 20.1. The van der Waals surface area contributed by atoms with E-state index in [1.54, 1.807) is 6.20 Å². The lowest BCUT2D eigenvalue weighted by atomic mass is 10.1. The van der Waals surface area contributed by atoms with Crippen molar-refractivity contribution in [2.24, 2.45) is 5.73 Å². The molecule has 1 saturated heterocycles. The number of benzene rings is 1. The Kier molecular flexibility index (Phi) is 6.15. The Morgan fingerprint density at radius 2 is 1.96 bits per heavy atom. The third-order valence-electron chi connectivity index (χ3n) is 4.70. The monoisotopic (exact) mass is 404 g/mol. The molecule has 1 amide bonds. The number of nitrogens with zero attached hydrogens (tertiary/aromatic N) is 2. The summed E-state index contributed by atoms with van der Waals surface area (Å²) >= 11 is 0. The molecule has 3 N–H and O–H groups in total. The number of carbonyl (C=O) groups is 1. The van der Waals surface area contributed by atoms with Crippen LogP contribution in [0.1, 0.15) is 35.2 Å². The maximum absolute atomic E-state index is 12.6. The van der Waals surface area contributed by atoms with Crippen molar-refractivity contribution in [2.45, 2.75) is 30.7 Å². The number of hydrogen-bond donors (Lipinski definition) is 2. The number of amides is 1. The zero-order valence-corrected chi connectivity index (χ0v) is 16.5. The lowest BCUT2D eigenvalue weighted by molar-refractivity contribution is 0.0997. The van der Waals surface area contributed by atoms with E-state index in [-0.39, 0.29) is 22.8 Å². The molecule has 0 aliphatic carbocycles. The van der Waals surface area contributed by atoms with E-state index in [1.165, 1.54) is 44.6 Å². The summed E-state index contributed by atoms with van der Waals surface area (Å²) in [5.74, 6) is 0.378. The molecule has 0 spiro atoms. The number of carbonyl (C=O) groups excluding carboxylic acids is 1. The molecule has 1 aromatic carbocycles. The third-order valence-corrected chi connectivity index (χ3v) is 6.10. The van der Waals surface area contributed by atoms with Gasteiger partial charge in [0.1, 0.15) is 11.6 Å². The normalized spacial score (nSPS) is 14.7. The minimum absolute atomic E-state index is 0.0120. The molecule has 150 valence electrons. The number of ether oxygens (including phenoxy) is 1. The van der Waals surface area contributed by atoms with Gasteiger partial charge in [-0.1, -0.05) is 6.07 Å². The van der Waals surface area contributed by atoms with Crippen LogP contribution in [-0.2, 0) is 16.6 Å². The van der Waals surface area contributed by atoms with Crippen molar-refractivity contribution in [1.82, 2.24) is 9.71 Å². The molecular formula is C19H24N4O4S. The van der Waals surface area contributed by atoms with E-state index >= 15 is 0 Å². The zero-order valence-electron chi connectivity index (χ0n) is 15.7. The summed E-state index contributed by atoms with van der Waals surface area (Å²) in [5.41, 5.74) is 6.05. The first-order valence-electron chi connectivity index (χ1n) is 9.08. The first kappa shape index (κ1) is 20.1. The van der Waals surface area contributed by atoms with E-state index in [0.29, 0.717) is 0 Å². The van der Waals surface area contributed by atoms with E-state index in [1.807, 2.05) is 12.1 Å². The van der Waals surface area contributed by atoms with Gasteiger partial charge in [0.25, 0.3) is 5.91 Å². The van der Waals surface area contributed by atoms with Gasteiger partial charge in [0, 0.05) is 25.8 Å². The highest BCUT2D eigenvalue weighted by atomic mass is 32.2. The Hall–Kier alpha value is -2.65. The smallest absolute Gasteiger partial charge is 0.252 e. The summed E-state index contributed by atoms with van der Waals surface area (Å²) < 4.78 is 32.7. The summed E-state index contributed by atoms with van der Waals surface area (Å²) in [4.78, 5) is 18.1. The van der Waals surface area contributed by atoms with Crippen LogP contribution in [0.3, 0.4) is 0 Å². The predicted molar refractivity (Wildman–Crippen MR) is 106 cm³/mol. The lowest BCUT2D eigenvalue weighted by Gasteiger charge is -2.27. The Labute approximate surface area is 164 Å². The second-order valence-electron chi connectivity index (χ2n) is 6.62. The predicted octanol–water partition coefficient (Wildman–Crippen LogP) is 1.66. The van der Waals surface area contributed by atoms with Crippen molar-refractivity contribution in [2.75, 3.05) is 25.1 Å². The Bertz CT molecular complexity index is 939. The molecule has 1 aliphatic rings. The molecule has 0 atom stereocenters. The number of rotatable bonds is 7. The van der Waals surface area contributed by atoms with Crippen LogP contribution in [0.25, 0.3) is 0 Å². The summed E-state index contributed by atoms with van der Waals surface area (Å²) in [6.07, 6.45) is 5.26. The van der Waals surface area contributed by atoms with Crippen LogP contribution < -0.4 is 20.1 Å². The fraction of sp³-hybridized carbons (Fsp3) is 0.368. The number of sulfonamides is 1.